The van der Waals surface area contributed by atoms with Gasteiger partial charge >= 0.3 is 0 Å². The van der Waals surface area contributed by atoms with Crippen LogP contribution in [0.5, 0.6) is 11.5 Å². The zero-order valence-corrected chi connectivity index (χ0v) is 26.0. The number of rotatable bonds is 10. The number of imidazole rings is 1. The SMILES string of the molecule is COc1cc(N(C)CCN(C)C)c(N)cc1Nc1nccc(-c2cc(OC(C)(C)C)c3nc(C)n(C(C)C)c3c2)n1. The van der Waals surface area contributed by atoms with Gasteiger partial charge in [-0.05, 0) is 79.9 Å². The van der Waals surface area contributed by atoms with E-state index in [9.17, 15) is 0 Å². The van der Waals surface area contributed by atoms with Crippen molar-refractivity contribution in [1.82, 2.24) is 24.4 Å². The molecule has 4 aromatic rings. The highest BCUT2D eigenvalue weighted by molar-refractivity contribution is 5.88. The van der Waals surface area contributed by atoms with Crippen LogP contribution < -0.4 is 25.4 Å². The van der Waals surface area contributed by atoms with E-state index in [2.05, 4.69) is 58.7 Å². The minimum Gasteiger partial charge on any atom is -0.494 e. The molecule has 0 aliphatic carbocycles. The van der Waals surface area contributed by atoms with Crippen LogP contribution in [-0.2, 0) is 0 Å². The molecule has 3 N–H and O–H groups in total. The van der Waals surface area contributed by atoms with Gasteiger partial charge in [-0.3, -0.25) is 0 Å². The Labute approximate surface area is 243 Å². The number of benzene rings is 2. The first-order valence-corrected chi connectivity index (χ1v) is 13.9. The fourth-order valence-corrected chi connectivity index (χ4v) is 4.84. The average molecular weight is 561 g/mol. The van der Waals surface area contributed by atoms with Crippen LogP contribution in [-0.4, -0.2) is 71.4 Å². The minimum absolute atomic E-state index is 0.239. The second-order valence-corrected chi connectivity index (χ2v) is 11.9. The van der Waals surface area contributed by atoms with Gasteiger partial charge in [0.05, 0.1) is 35.4 Å². The minimum atomic E-state index is -0.386. The third-order valence-corrected chi connectivity index (χ3v) is 6.71. The number of nitrogens with one attached hydrogen (secondary N) is 1. The highest BCUT2D eigenvalue weighted by Gasteiger charge is 2.21. The van der Waals surface area contributed by atoms with Crippen LogP contribution in [0.1, 0.15) is 46.5 Å². The fraction of sp³-hybridized carbons (Fsp3) is 0.452. The lowest BCUT2D eigenvalue weighted by atomic mass is 10.1. The summed E-state index contributed by atoms with van der Waals surface area (Å²) >= 11 is 0. The first kappa shape index (κ1) is 29.9. The molecule has 4 rings (SSSR count). The second kappa shape index (κ2) is 11.8. The Balaban J connectivity index is 1.72. The Bertz CT molecular complexity index is 1520. The molecule has 0 fully saturated rings. The summed E-state index contributed by atoms with van der Waals surface area (Å²) in [5, 5.41) is 3.31. The van der Waals surface area contributed by atoms with Crippen LogP contribution in [0, 0.1) is 6.92 Å². The van der Waals surface area contributed by atoms with Gasteiger partial charge in [0.15, 0.2) is 0 Å². The Hall–Kier alpha value is -4.05. The maximum absolute atomic E-state index is 6.47. The number of nitrogens with two attached hydrogens (primary N) is 1. The van der Waals surface area contributed by atoms with E-state index in [4.69, 9.17) is 25.2 Å². The number of hydrogen-bond acceptors (Lipinski definition) is 9. The third kappa shape index (κ3) is 6.82. The average Bonchev–Trinajstić information content (AvgIpc) is 3.23. The van der Waals surface area contributed by atoms with Gasteiger partial charge in [-0.2, -0.15) is 0 Å². The van der Waals surface area contributed by atoms with Crippen molar-refractivity contribution < 1.29 is 9.47 Å². The summed E-state index contributed by atoms with van der Waals surface area (Å²) in [5.41, 5.74) is 11.8. The number of hydrogen-bond donors (Lipinski definition) is 2. The monoisotopic (exact) mass is 560 g/mol. The van der Waals surface area contributed by atoms with E-state index in [-0.39, 0.29) is 11.6 Å². The number of fused-ring (bicyclic) bond motifs is 1. The van der Waals surface area contributed by atoms with Crippen LogP contribution >= 0.6 is 0 Å². The molecule has 220 valence electrons. The molecule has 0 unspecified atom stereocenters. The van der Waals surface area contributed by atoms with Crippen molar-refractivity contribution >= 4 is 34.0 Å². The Morgan fingerprint density at radius 1 is 1.02 bits per heavy atom. The number of nitrogens with zero attached hydrogens (tertiary/aromatic N) is 6. The van der Waals surface area contributed by atoms with Crippen LogP contribution in [0.15, 0.2) is 36.5 Å². The highest BCUT2D eigenvalue weighted by Crippen LogP contribution is 2.38. The molecule has 2 aromatic heterocycles. The normalized spacial score (nSPS) is 11.9. The number of methoxy groups -OCH3 is 1. The molecule has 0 aliphatic rings. The first-order chi connectivity index (χ1) is 19.3. The lowest BCUT2D eigenvalue weighted by molar-refractivity contribution is 0.133. The van der Waals surface area contributed by atoms with E-state index in [1.807, 2.05) is 59.0 Å². The van der Waals surface area contributed by atoms with Gasteiger partial charge in [-0.25, -0.2) is 15.0 Å². The van der Waals surface area contributed by atoms with Crippen molar-refractivity contribution in [3.63, 3.8) is 0 Å². The number of aryl methyl sites for hydroxylation is 1. The zero-order valence-electron chi connectivity index (χ0n) is 26.0. The van der Waals surface area contributed by atoms with Crippen molar-refractivity contribution in [1.29, 1.82) is 0 Å². The summed E-state index contributed by atoms with van der Waals surface area (Å²) in [6, 6.07) is 10.1. The predicted octanol–water partition coefficient (Wildman–Crippen LogP) is 5.89. The molecular weight excluding hydrogens is 516 g/mol. The van der Waals surface area contributed by atoms with Crippen molar-refractivity contribution in [3.05, 3.63) is 42.4 Å². The van der Waals surface area contributed by atoms with Crippen molar-refractivity contribution in [2.24, 2.45) is 0 Å². The molecular formula is C31H44N8O2. The van der Waals surface area contributed by atoms with E-state index in [0.717, 1.165) is 52.6 Å². The molecule has 0 aliphatic heterocycles. The lowest BCUT2D eigenvalue weighted by Gasteiger charge is -2.24. The summed E-state index contributed by atoms with van der Waals surface area (Å²) in [6.45, 7) is 14.2. The number of ether oxygens (including phenoxy) is 2. The lowest BCUT2D eigenvalue weighted by Crippen LogP contribution is -2.29. The van der Waals surface area contributed by atoms with Crippen molar-refractivity contribution in [3.8, 4) is 22.8 Å². The predicted molar refractivity (Wildman–Crippen MR) is 169 cm³/mol. The number of aromatic nitrogens is 4. The second-order valence-electron chi connectivity index (χ2n) is 11.9. The van der Waals surface area contributed by atoms with Gasteiger partial charge < -0.3 is 34.9 Å². The molecule has 10 heteroatoms. The van der Waals surface area contributed by atoms with Gasteiger partial charge in [-0.15, -0.1) is 0 Å². The van der Waals surface area contributed by atoms with E-state index in [1.165, 1.54) is 0 Å². The maximum atomic E-state index is 6.47. The first-order valence-electron chi connectivity index (χ1n) is 13.9. The van der Waals surface area contributed by atoms with Gasteiger partial charge in [0.25, 0.3) is 0 Å². The number of likely N-dealkylation sites (N-methyl/N-ethyl adjacent to an activating group) is 2. The van der Waals surface area contributed by atoms with Crippen LogP contribution in [0.25, 0.3) is 22.3 Å². The molecule has 2 heterocycles. The third-order valence-electron chi connectivity index (χ3n) is 6.71. The van der Waals surface area contributed by atoms with E-state index in [0.29, 0.717) is 23.1 Å². The summed E-state index contributed by atoms with van der Waals surface area (Å²) in [6.07, 6.45) is 1.74. The molecule has 2 aromatic carbocycles. The van der Waals surface area contributed by atoms with Gasteiger partial charge in [0.2, 0.25) is 5.95 Å². The van der Waals surface area contributed by atoms with Gasteiger partial charge in [0, 0.05) is 44.0 Å². The van der Waals surface area contributed by atoms with Crippen molar-refractivity contribution in [2.75, 3.05) is 57.3 Å². The standard InChI is InChI=1S/C31H44N8O2/c1-19(2)39-20(3)34-29-26(39)15-21(16-28(29)41-31(4,5)6)23-11-12-33-30(35-23)36-24-17-22(32)25(18-27(24)40-10)38(9)14-13-37(7)8/h11-12,15-19H,13-14,32H2,1-10H3,(H,33,35,36). The topological polar surface area (TPSA) is 107 Å². The Kier molecular flexibility index (Phi) is 8.63. The molecule has 0 saturated carbocycles. The maximum Gasteiger partial charge on any atom is 0.227 e. The molecule has 10 nitrogen and oxygen atoms in total. The zero-order chi connectivity index (χ0) is 30.1. The number of anilines is 4. The fourth-order valence-electron chi connectivity index (χ4n) is 4.84. The van der Waals surface area contributed by atoms with Gasteiger partial charge in [-0.1, -0.05) is 0 Å². The number of nitrogen functional groups attached to an aromatic ring is 1. The molecule has 0 saturated heterocycles. The molecule has 0 atom stereocenters. The largest absolute Gasteiger partial charge is 0.494 e. The molecule has 0 amide bonds. The van der Waals surface area contributed by atoms with E-state index in [1.54, 1.807) is 13.3 Å². The molecule has 41 heavy (non-hydrogen) atoms. The van der Waals surface area contributed by atoms with E-state index < -0.39 is 0 Å². The van der Waals surface area contributed by atoms with Crippen LogP contribution in [0.4, 0.5) is 23.0 Å². The highest BCUT2D eigenvalue weighted by atomic mass is 16.5. The van der Waals surface area contributed by atoms with Gasteiger partial charge in [0.1, 0.15) is 28.4 Å². The Morgan fingerprint density at radius 3 is 2.39 bits per heavy atom. The summed E-state index contributed by atoms with van der Waals surface area (Å²) in [7, 11) is 7.77. The van der Waals surface area contributed by atoms with E-state index >= 15 is 0 Å². The summed E-state index contributed by atoms with van der Waals surface area (Å²) < 4.78 is 14.3. The summed E-state index contributed by atoms with van der Waals surface area (Å²) in [4.78, 5) is 18.5. The summed E-state index contributed by atoms with van der Waals surface area (Å²) in [5.74, 6) is 2.75. The van der Waals surface area contributed by atoms with Crippen molar-refractivity contribution in [2.45, 2.75) is 53.2 Å². The quantitative estimate of drug-likeness (QED) is 0.230. The molecule has 0 bridgehead atoms. The molecule has 0 spiro atoms. The van der Waals surface area contributed by atoms with Crippen LogP contribution in [0.2, 0.25) is 0 Å². The Morgan fingerprint density at radius 2 is 1.76 bits per heavy atom. The molecule has 0 radical (unpaired) electrons. The van der Waals surface area contributed by atoms with Crippen LogP contribution in [0.3, 0.4) is 0 Å². The smallest absolute Gasteiger partial charge is 0.227 e.